The standard InChI is InChI=1S/C26H34N2/c1-2-10-18-28(17-9-1)26-15-16-27-25(23(19-26)21-11-5-3-6-12-21)24(20-26)22-13-7-4-8-14-22/h3-8,11-14,23-25,27H,1-2,9-10,15-20H2. The summed E-state index contributed by atoms with van der Waals surface area (Å²) in [5, 5.41) is 4.02. The SMILES string of the molecule is c1ccc(C2CC3(N4CCCCCC4)CCNC2C(c2ccccc2)C3)cc1. The van der Waals surface area contributed by atoms with E-state index in [1.165, 1.54) is 69.2 Å². The second-order valence-electron chi connectivity index (χ2n) is 9.30. The maximum Gasteiger partial charge on any atom is 0.0234 e. The summed E-state index contributed by atoms with van der Waals surface area (Å²) < 4.78 is 0. The molecule has 2 bridgehead atoms. The lowest BCUT2D eigenvalue weighted by atomic mass is 9.63. The number of likely N-dealkylation sites (tertiary alicyclic amines) is 1. The zero-order valence-corrected chi connectivity index (χ0v) is 17.0. The predicted molar refractivity (Wildman–Crippen MR) is 117 cm³/mol. The number of rotatable bonds is 3. The average Bonchev–Trinajstić information content (AvgIpc) is 3.22. The lowest BCUT2D eigenvalue weighted by Crippen LogP contribution is -2.55. The van der Waals surface area contributed by atoms with E-state index in [0.717, 1.165) is 6.54 Å². The number of benzene rings is 2. The van der Waals surface area contributed by atoms with E-state index in [1.54, 1.807) is 0 Å². The van der Waals surface area contributed by atoms with Crippen molar-refractivity contribution >= 4 is 0 Å². The third-order valence-corrected chi connectivity index (χ3v) is 7.77. The van der Waals surface area contributed by atoms with Crippen LogP contribution in [-0.4, -0.2) is 36.1 Å². The largest absolute Gasteiger partial charge is 0.313 e. The van der Waals surface area contributed by atoms with Crippen molar-refractivity contribution < 1.29 is 0 Å². The van der Waals surface area contributed by atoms with Crippen LogP contribution in [0.25, 0.3) is 0 Å². The first kappa shape index (κ1) is 18.4. The second kappa shape index (κ2) is 8.00. The molecule has 2 aromatic rings. The van der Waals surface area contributed by atoms with E-state index in [1.807, 2.05) is 0 Å². The van der Waals surface area contributed by atoms with Crippen molar-refractivity contribution in [2.45, 2.75) is 68.4 Å². The zero-order chi connectivity index (χ0) is 18.8. The molecule has 4 aliphatic rings. The van der Waals surface area contributed by atoms with E-state index in [9.17, 15) is 0 Å². The molecule has 6 rings (SSSR count). The Bertz CT molecular complexity index is 699. The molecular weight excluding hydrogens is 340 g/mol. The van der Waals surface area contributed by atoms with Crippen LogP contribution in [0.3, 0.4) is 0 Å². The number of fused-ring (bicyclic) bond motifs is 4. The van der Waals surface area contributed by atoms with Gasteiger partial charge in [0.25, 0.3) is 0 Å². The van der Waals surface area contributed by atoms with Gasteiger partial charge in [-0.25, -0.2) is 0 Å². The van der Waals surface area contributed by atoms with Crippen molar-refractivity contribution in [1.29, 1.82) is 0 Å². The van der Waals surface area contributed by atoms with Crippen molar-refractivity contribution in [3.63, 3.8) is 0 Å². The molecule has 0 aromatic heterocycles. The molecule has 0 amide bonds. The molecule has 3 saturated heterocycles. The molecule has 1 N–H and O–H groups in total. The minimum absolute atomic E-state index is 0.353. The summed E-state index contributed by atoms with van der Waals surface area (Å²) in [6.07, 6.45) is 9.52. The van der Waals surface area contributed by atoms with Gasteiger partial charge in [-0.3, -0.25) is 4.90 Å². The van der Waals surface area contributed by atoms with Crippen molar-refractivity contribution in [3.8, 4) is 0 Å². The molecule has 148 valence electrons. The fourth-order valence-corrected chi connectivity index (χ4v) is 6.41. The Morgan fingerprint density at radius 1 is 0.714 bits per heavy atom. The minimum atomic E-state index is 0.353. The molecule has 2 nitrogen and oxygen atoms in total. The third-order valence-electron chi connectivity index (χ3n) is 7.77. The van der Waals surface area contributed by atoms with Crippen molar-refractivity contribution in [2.24, 2.45) is 0 Å². The van der Waals surface area contributed by atoms with Gasteiger partial charge in [-0.2, -0.15) is 0 Å². The molecule has 3 heterocycles. The Labute approximate surface area is 170 Å². The first-order valence-electron chi connectivity index (χ1n) is 11.4. The van der Waals surface area contributed by atoms with Gasteiger partial charge in [0, 0.05) is 23.4 Å². The van der Waals surface area contributed by atoms with Gasteiger partial charge in [0.1, 0.15) is 0 Å². The van der Waals surface area contributed by atoms with Gasteiger partial charge < -0.3 is 5.32 Å². The van der Waals surface area contributed by atoms with Crippen LogP contribution in [0.2, 0.25) is 0 Å². The van der Waals surface area contributed by atoms with Gasteiger partial charge in [0.15, 0.2) is 0 Å². The van der Waals surface area contributed by atoms with Crippen LogP contribution in [0.15, 0.2) is 60.7 Å². The highest BCUT2D eigenvalue weighted by molar-refractivity contribution is 5.32. The Morgan fingerprint density at radius 3 is 1.79 bits per heavy atom. The maximum atomic E-state index is 4.02. The van der Waals surface area contributed by atoms with Crippen LogP contribution in [0.5, 0.6) is 0 Å². The summed E-state index contributed by atoms with van der Waals surface area (Å²) in [5.41, 5.74) is 3.41. The van der Waals surface area contributed by atoms with Gasteiger partial charge in [0.2, 0.25) is 0 Å². The highest BCUT2D eigenvalue weighted by atomic mass is 15.2. The lowest BCUT2D eigenvalue weighted by molar-refractivity contribution is 0.0374. The first-order chi connectivity index (χ1) is 13.9. The van der Waals surface area contributed by atoms with Gasteiger partial charge in [-0.15, -0.1) is 0 Å². The summed E-state index contributed by atoms with van der Waals surface area (Å²) in [4.78, 5) is 2.93. The molecule has 2 atom stereocenters. The molecule has 28 heavy (non-hydrogen) atoms. The molecule has 2 heteroatoms. The highest BCUT2D eigenvalue weighted by Gasteiger charge is 2.51. The summed E-state index contributed by atoms with van der Waals surface area (Å²) in [7, 11) is 0. The third kappa shape index (κ3) is 3.42. The van der Waals surface area contributed by atoms with Crippen LogP contribution < -0.4 is 5.32 Å². The normalized spacial score (nSPS) is 33.9. The number of nitrogens with zero attached hydrogens (tertiary/aromatic N) is 1. The first-order valence-corrected chi connectivity index (χ1v) is 11.4. The van der Waals surface area contributed by atoms with Crippen LogP contribution in [0.4, 0.5) is 0 Å². The Hall–Kier alpha value is -1.64. The molecular formula is C26H34N2. The molecule has 2 unspecified atom stereocenters. The van der Waals surface area contributed by atoms with Gasteiger partial charge in [-0.1, -0.05) is 73.5 Å². The molecule has 4 fully saturated rings. The smallest absolute Gasteiger partial charge is 0.0234 e. The number of nitrogens with one attached hydrogen (secondary N) is 1. The fraction of sp³-hybridized carbons (Fsp3) is 0.538. The van der Waals surface area contributed by atoms with Gasteiger partial charge in [-0.05, 0) is 62.9 Å². The van der Waals surface area contributed by atoms with Gasteiger partial charge in [0.05, 0.1) is 0 Å². The fourth-order valence-electron chi connectivity index (χ4n) is 6.41. The van der Waals surface area contributed by atoms with E-state index in [2.05, 4.69) is 70.9 Å². The van der Waals surface area contributed by atoms with Crippen molar-refractivity contribution in [1.82, 2.24) is 10.2 Å². The van der Waals surface area contributed by atoms with Crippen molar-refractivity contribution in [2.75, 3.05) is 19.6 Å². The molecule has 2 aromatic carbocycles. The minimum Gasteiger partial charge on any atom is -0.313 e. The van der Waals surface area contributed by atoms with Crippen LogP contribution >= 0.6 is 0 Å². The summed E-state index contributed by atoms with van der Waals surface area (Å²) >= 11 is 0. The number of hydrogen-bond donors (Lipinski definition) is 1. The van der Waals surface area contributed by atoms with Gasteiger partial charge >= 0.3 is 0 Å². The predicted octanol–water partition coefficient (Wildman–Crippen LogP) is 5.32. The molecule has 1 aliphatic carbocycles. The van der Waals surface area contributed by atoms with E-state index in [-0.39, 0.29) is 0 Å². The molecule has 1 saturated carbocycles. The topological polar surface area (TPSA) is 15.3 Å². The average molecular weight is 375 g/mol. The van der Waals surface area contributed by atoms with Crippen LogP contribution in [-0.2, 0) is 0 Å². The quantitative estimate of drug-likeness (QED) is 0.782. The summed E-state index contributed by atoms with van der Waals surface area (Å²) in [5.74, 6) is 1.21. The Kier molecular flexibility index (Phi) is 5.26. The Balaban J connectivity index is 1.56. The summed E-state index contributed by atoms with van der Waals surface area (Å²) in [6.45, 7) is 3.76. The molecule has 3 aliphatic heterocycles. The summed E-state index contributed by atoms with van der Waals surface area (Å²) in [6, 6.07) is 23.2. The Morgan fingerprint density at radius 2 is 1.25 bits per heavy atom. The van der Waals surface area contributed by atoms with Crippen LogP contribution in [0.1, 0.15) is 67.9 Å². The highest BCUT2D eigenvalue weighted by Crippen LogP contribution is 2.51. The second-order valence-corrected chi connectivity index (χ2v) is 9.30. The molecule has 0 radical (unpaired) electrons. The van der Waals surface area contributed by atoms with E-state index in [0.29, 0.717) is 23.4 Å². The zero-order valence-electron chi connectivity index (χ0n) is 17.0. The monoisotopic (exact) mass is 374 g/mol. The molecule has 0 spiro atoms. The van der Waals surface area contributed by atoms with Crippen LogP contribution in [0, 0.1) is 0 Å². The maximum absolute atomic E-state index is 4.02. The van der Waals surface area contributed by atoms with Crippen molar-refractivity contribution in [3.05, 3.63) is 71.8 Å². The number of hydrogen-bond acceptors (Lipinski definition) is 2. The lowest BCUT2D eigenvalue weighted by Gasteiger charge is -2.52. The van der Waals surface area contributed by atoms with E-state index >= 15 is 0 Å². The van der Waals surface area contributed by atoms with E-state index in [4.69, 9.17) is 0 Å². The van der Waals surface area contributed by atoms with E-state index < -0.39 is 0 Å².